The molecule has 0 amide bonds. The van der Waals surface area contributed by atoms with E-state index in [4.69, 9.17) is 14.7 Å². The molecule has 0 saturated heterocycles. The van der Waals surface area contributed by atoms with Crippen molar-refractivity contribution in [2.75, 3.05) is 0 Å². The lowest BCUT2D eigenvalue weighted by Gasteiger charge is -2.39. The molecule has 0 unspecified atom stereocenters. The zero-order chi connectivity index (χ0) is 11.2. The van der Waals surface area contributed by atoms with Gasteiger partial charge in [-0.1, -0.05) is 40.5 Å². The summed E-state index contributed by atoms with van der Waals surface area (Å²) in [6, 6.07) is 0. The van der Waals surface area contributed by atoms with Crippen LogP contribution in [0.1, 0.15) is 53.4 Å². The first-order valence-electron chi connectivity index (χ1n) is 5.60. The Hall–Kier alpha value is -0.0551. The highest BCUT2D eigenvalue weighted by molar-refractivity contribution is 6.32. The molecule has 84 valence electrons. The normalized spacial score (nSPS) is 12.2. The van der Waals surface area contributed by atoms with Gasteiger partial charge in [-0.3, -0.25) is 0 Å². The van der Waals surface area contributed by atoms with Crippen molar-refractivity contribution in [2.24, 2.45) is 5.92 Å². The molecule has 0 heterocycles. The van der Waals surface area contributed by atoms with Gasteiger partial charge in [-0.15, -0.1) is 0 Å². The van der Waals surface area contributed by atoms with E-state index in [0.717, 1.165) is 25.7 Å². The Morgan fingerprint density at radius 1 is 1.07 bits per heavy atom. The molecule has 0 radical (unpaired) electrons. The van der Waals surface area contributed by atoms with Crippen LogP contribution in [0.25, 0.3) is 0 Å². The van der Waals surface area contributed by atoms with Gasteiger partial charge in [-0.2, -0.15) is 0 Å². The van der Waals surface area contributed by atoms with Crippen LogP contribution in [-0.2, 0) is 4.65 Å². The van der Waals surface area contributed by atoms with Crippen molar-refractivity contribution in [3.63, 3.8) is 0 Å². The van der Waals surface area contributed by atoms with Crippen LogP contribution in [-0.4, -0.2) is 23.0 Å². The molecule has 0 rings (SSSR count). The molecule has 0 fully saturated rings. The van der Waals surface area contributed by atoms with E-state index in [2.05, 4.69) is 13.8 Å². The van der Waals surface area contributed by atoms with Crippen molar-refractivity contribution in [2.45, 2.75) is 59.0 Å². The lowest BCUT2D eigenvalue weighted by molar-refractivity contribution is -0.0388. The van der Waals surface area contributed by atoms with Gasteiger partial charge >= 0.3 is 7.32 Å². The van der Waals surface area contributed by atoms with Gasteiger partial charge in [0.15, 0.2) is 0 Å². The van der Waals surface area contributed by atoms with Crippen LogP contribution in [0.2, 0.25) is 0 Å². The first kappa shape index (κ1) is 13.9. The highest BCUT2D eigenvalue weighted by Gasteiger charge is 2.37. The van der Waals surface area contributed by atoms with Crippen molar-refractivity contribution in [1.29, 1.82) is 0 Å². The van der Waals surface area contributed by atoms with E-state index in [1.807, 2.05) is 13.8 Å². The maximum atomic E-state index is 8.92. The molecule has 4 heteroatoms. The van der Waals surface area contributed by atoms with Crippen LogP contribution < -0.4 is 0 Å². The van der Waals surface area contributed by atoms with Crippen molar-refractivity contribution < 1.29 is 14.7 Å². The van der Waals surface area contributed by atoms with Gasteiger partial charge in [0.25, 0.3) is 0 Å². The summed E-state index contributed by atoms with van der Waals surface area (Å²) in [6.45, 7) is 8.29. The van der Waals surface area contributed by atoms with Crippen LogP contribution in [0.15, 0.2) is 0 Å². The van der Waals surface area contributed by atoms with Gasteiger partial charge in [0.05, 0.1) is 5.60 Å². The molecular weight excluding hydrogens is 179 g/mol. The third kappa shape index (κ3) is 3.26. The van der Waals surface area contributed by atoms with E-state index >= 15 is 0 Å². The minimum atomic E-state index is -1.66. The SMILES string of the molecule is CCC(CC)C(CC)(CC)OB(O)O. The van der Waals surface area contributed by atoms with E-state index in [9.17, 15) is 0 Å². The smallest absolute Gasteiger partial charge is 0.402 e. The van der Waals surface area contributed by atoms with Gasteiger partial charge in [-0.25, -0.2) is 0 Å². The van der Waals surface area contributed by atoms with Crippen molar-refractivity contribution >= 4 is 7.32 Å². The Bertz CT molecular complexity index is 142. The Labute approximate surface area is 87.7 Å². The fraction of sp³-hybridized carbons (Fsp3) is 1.00. The average molecular weight is 202 g/mol. The molecule has 0 aromatic carbocycles. The van der Waals surface area contributed by atoms with Crippen LogP contribution in [0.3, 0.4) is 0 Å². The molecule has 0 aliphatic carbocycles. The first-order valence-corrected chi connectivity index (χ1v) is 5.60. The van der Waals surface area contributed by atoms with E-state index in [1.54, 1.807) is 0 Å². The van der Waals surface area contributed by atoms with E-state index in [-0.39, 0.29) is 5.60 Å². The predicted molar refractivity (Wildman–Crippen MR) is 58.7 cm³/mol. The average Bonchev–Trinajstić information content (AvgIpc) is 2.17. The standard InChI is InChI=1S/C10H23BO3/c1-5-9(6-2)10(7-3,8-4)14-11(12)13/h9,12-13H,5-8H2,1-4H3. The highest BCUT2D eigenvalue weighted by Crippen LogP contribution is 2.34. The summed E-state index contributed by atoms with van der Waals surface area (Å²) in [7, 11) is -1.66. The zero-order valence-corrected chi connectivity index (χ0v) is 9.79. The molecule has 0 atom stereocenters. The Balaban J connectivity index is 4.65. The third-order valence-corrected chi connectivity index (χ3v) is 3.27. The second-order valence-corrected chi connectivity index (χ2v) is 3.73. The summed E-state index contributed by atoms with van der Waals surface area (Å²) in [5.74, 6) is 0.388. The summed E-state index contributed by atoms with van der Waals surface area (Å²) in [4.78, 5) is 0. The van der Waals surface area contributed by atoms with Crippen LogP contribution in [0, 0.1) is 5.92 Å². The second-order valence-electron chi connectivity index (χ2n) is 3.73. The molecule has 0 spiro atoms. The molecule has 3 nitrogen and oxygen atoms in total. The zero-order valence-electron chi connectivity index (χ0n) is 9.79. The minimum absolute atomic E-state index is 0.377. The third-order valence-electron chi connectivity index (χ3n) is 3.27. The highest BCUT2D eigenvalue weighted by atomic mass is 16.6. The Kier molecular flexibility index (Phi) is 6.41. The van der Waals surface area contributed by atoms with Crippen molar-refractivity contribution in [1.82, 2.24) is 0 Å². The number of hydrogen-bond donors (Lipinski definition) is 2. The molecule has 0 bridgehead atoms. The van der Waals surface area contributed by atoms with E-state index in [0.29, 0.717) is 5.92 Å². The Morgan fingerprint density at radius 2 is 1.50 bits per heavy atom. The molecule has 0 aliphatic rings. The topological polar surface area (TPSA) is 49.7 Å². The van der Waals surface area contributed by atoms with Gasteiger partial charge in [0.2, 0.25) is 0 Å². The summed E-state index contributed by atoms with van der Waals surface area (Å²) in [5.41, 5.74) is -0.377. The summed E-state index contributed by atoms with van der Waals surface area (Å²) < 4.78 is 5.29. The quantitative estimate of drug-likeness (QED) is 0.620. The van der Waals surface area contributed by atoms with Crippen molar-refractivity contribution in [3.05, 3.63) is 0 Å². The van der Waals surface area contributed by atoms with Crippen LogP contribution in [0.4, 0.5) is 0 Å². The lowest BCUT2D eigenvalue weighted by atomic mass is 9.78. The van der Waals surface area contributed by atoms with Gasteiger partial charge in [-0.05, 0) is 18.8 Å². The fourth-order valence-corrected chi connectivity index (χ4v) is 2.33. The van der Waals surface area contributed by atoms with Gasteiger partial charge in [0.1, 0.15) is 0 Å². The van der Waals surface area contributed by atoms with Gasteiger partial charge in [0, 0.05) is 0 Å². The maximum Gasteiger partial charge on any atom is 0.634 e. The lowest BCUT2D eigenvalue weighted by Crippen LogP contribution is -2.44. The molecular formula is C10H23BO3. The molecule has 14 heavy (non-hydrogen) atoms. The molecule has 0 aromatic heterocycles. The predicted octanol–water partition coefficient (Wildman–Crippen LogP) is 1.97. The molecule has 0 saturated carbocycles. The molecule has 0 aliphatic heterocycles. The van der Waals surface area contributed by atoms with Gasteiger partial charge < -0.3 is 14.7 Å². The Morgan fingerprint density at radius 3 is 1.71 bits per heavy atom. The number of hydrogen-bond acceptors (Lipinski definition) is 3. The minimum Gasteiger partial charge on any atom is -0.402 e. The molecule has 2 N–H and O–H groups in total. The monoisotopic (exact) mass is 202 g/mol. The summed E-state index contributed by atoms with van der Waals surface area (Å²) >= 11 is 0. The fourth-order valence-electron chi connectivity index (χ4n) is 2.33. The maximum absolute atomic E-state index is 8.92. The van der Waals surface area contributed by atoms with E-state index in [1.165, 1.54) is 0 Å². The number of rotatable bonds is 7. The summed E-state index contributed by atoms with van der Waals surface area (Å²) in [5, 5.41) is 17.8. The summed E-state index contributed by atoms with van der Waals surface area (Å²) in [6.07, 6.45) is 3.64. The second kappa shape index (κ2) is 6.43. The van der Waals surface area contributed by atoms with Crippen LogP contribution >= 0.6 is 0 Å². The van der Waals surface area contributed by atoms with Crippen LogP contribution in [0.5, 0.6) is 0 Å². The largest absolute Gasteiger partial charge is 0.634 e. The first-order chi connectivity index (χ1) is 6.56. The molecule has 0 aromatic rings. The van der Waals surface area contributed by atoms with Crippen molar-refractivity contribution in [3.8, 4) is 0 Å². The van der Waals surface area contributed by atoms with E-state index < -0.39 is 7.32 Å².